The lowest BCUT2D eigenvalue weighted by molar-refractivity contribution is -0.143. The second kappa shape index (κ2) is 10.4. The number of benzene rings is 2. The van der Waals surface area contributed by atoms with Crippen LogP contribution in [0.15, 0.2) is 63.8 Å². The van der Waals surface area contributed by atoms with E-state index in [1.54, 1.807) is 0 Å². The minimum Gasteiger partial charge on any atom is -0.371 e. The molecule has 204 valence electrons. The molecule has 2 amide bonds. The van der Waals surface area contributed by atoms with Crippen molar-refractivity contribution in [2.45, 2.75) is 62.3 Å². The van der Waals surface area contributed by atoms with Crippen molar-refractivity contribution in [3.05, 3.63) is 70.8 Å². The van der Waals surface area contributed by atoms with E-state index in [0.29, 0.717) is 31.4 Å². The molecule has 0 saturated carbocycles. The van der Waals surface area contributed by atoms with Crippen molar-refractivity contribution < 1.29 is 35.9 Å². The molecule has 3 atom stereocenters. The van der Waals surface area contributed by atoms with Gasteiger partial charge in [-0.25, -0.2) is 4.79 Å². The molecule has 0 N–H and O–H groups in total. The number of hydrogen-bond acceptors (Lipinski definition) is 4. The number of carbonyl (C=O) groups is 1. The lowest BCUT2D eigenvalue weighted by Crippen LogP contribution is -2.58. The molecule has 0 spiro atoms. The van der Waals surface area contributed by atoms with Crippen LogP contribution in [0.1, 0.15) is 47.9 Å². The van der Waals surface area contributed by atoms with Gasteiger partial charge in [0.15, 0.2) is 5.84 Å². The summed E-state index contributed by atoms with van der Waals surface area (Å²) < 4.78 is 86.2. The summed E-state index contributed by atoms with van der Waals surface area (Å²) in [6.45, 7) is -0.208. The Hall–Kier alpha value is -2.83. The fourth-order valence-corrected chi connectivity index (χ4v) is 5.73. The maximum atomic E-state index is 13.3. The molecule has 0 radical (unpaired) electrons. The highest BCUT2D eigenvalue weighted by molar-refractivity contribution is 5.99. The first kappa shape index (κ1) is 28.2. The molecule has 2 fully saturated rings. The molecule has 3 aliphatic heterocycles. The third-order valence-electron chi connectivity index (χ3n) is 7.27. The summed E-state index contributed by atoms with van der Waals surface area (Å²) >= 11 is 0. The van der Waals surface area contributed by atoms with E-state index in [0.717, 1.165) is 12.0 Å². The fourth-order valence-electron chi connectivity index (χ4n) is 5.73. The number of nitrogens with zero attached hydrogens (tertiary/aromatic N) is 4. The van der Waals surface area contributed by atoms with Crippen LogP contribution in [0.25, 0.3) is 0 Å². The normalized spacial score (nSPS) is 25.4. The summed E-state index contributed by atoms with van der Waals surface area (Å²) in [6.07, 6.45) is -7.68. The number of aliphatic imine (C=N–C) groups is 1. The standard InChI is InChI=1S/C25H22F6N4O2.ClH/c26-24(27,28)17-10-15(11-18(12-17)25(29,30)31)14-37-20-7-6-19-8-9-23(20,16-4-2-1-3-5-16)35(19)13-21-32-22(36)34-33-21;/h1-5,10-12,19-20H,6-9,13-14H2;1H/t19-,20+,23+;/m0./s1. The minimum absolute atomic E-state index is 0. The minimum atomic E-state index is -4.93. The van der Waals surface area contributed by atoms with Crippen molar-refractivity contribution in [1.82, 2.24) is 4.90 Å². The molecule has 5 rings (SSSR count). The Morgan fingerprint density at radius 1 is 0.921 bits per heavy atom. The van der Waals surface area contributed by atoms with E-state index < -0.39 is 47.8 Å². The summed E-state index contributed by atoms with van der Waals surface area (Å²) in [7, 11) is 0. The van der Waals surface area contributed by atoms with Gasteiger partial charge >= 0.3 is 18.4 Å². The maximum Gasteiger partial charge on any atom is 0.416 e. The van der Waals surface area contributed by atoms with E-state index >= 15 is 0 Å². The predicted octanol–water partition coefficient (Wildman–Crippen LogP) is 7.17. The Kier molecular flexibility index (Phi) is 7.70. The van der Waals surface area contributed by atoms with Gasteiger partial charge in [-0.05, 0) is 55.0 Å². The number of carbonyl (C=O) groups excluding carboxylic acids is 1. The maximum absolute atomic E-state index is 13.3. The molecule has 6 nitrogen and oxygen atoms in total. The number of rotatable bonds is 6. The number of halogens is 7. The van der Waals surface area contributed by atoms with Crippen LogP contribution >= 0.6 is 12.4 Å². The summed E-state index contributed by atoms with van der Waals surface area (Å²) in [4.78, 5) is 17.5. The number of amides is 2. The molecule has 0 aliphatic carbocycles. The number of ether oxygens (including phenoxy) is 1. The van der Waals surface area contributed by atoms with E-state index in [-0.39, 0.29) is 42.5 Å². The molecule has 2 saturated heterocycles. The van der Waals surface area contributed by atoms with Gasteiger partial charge < -0.3 is 4.74 Å². The molecular weight excluding hydrogens is 538 g/mol. The monoisotopic (exact) mass is 560 g/mol. The van der Waals surface area contributed by atoms with Crippen molar-refractivity contribution in [3.63, 3.8) is 0 Å². The van der Waals surface area contributed by atoms with Gasteiger partial charge in [-0.2, -0.15) is 31.3 Å². The van der Waals surface area contributed by atoms with Crippen LogP contribution in [-0.4, -0.2) is 35.5 Å². The van der Waals surface area contributed by atoms with Crippen LogP contribution < -0.4 is 0 Å². The molecule has 3 aliphatic rings. The molecule has 2 bridgehead atoms. The molecule has 13 heteroatoms. The molecule has 2 aromatic carbocycles. The molecular formula is C25H23ClF6N4O2. The summed E-state index contributed by atoms with van der Waals surface area (Å²) in [5, 5.41) is 7.29. The highest BCUT2D eigenvalue weighted by Gasteiger charge is 2.56. The second-order valence-corrected chi connectivity index (χ2v) is 9.41. The van der Waals surface area contributed by atoms with E-state index in [1.807, 2.05) is 30.3 Å². The van der Waals surface area contributed by atoms with Gasteiger partial charge in [0.1, 0.15) is 0 Å². The Labute approximate surface area is 220 Å². The summed E-state index contributed by atoms with van der Waals surface area (Å²) in [6, 6.07) is 10.4. The SMILES string of the molecule is Cl.O=C1N=NC(CN2[C@H]3CC[C@@H](OCc4cc(C(F)(F)F)cc(C(F)(F)F)c4)[C@]2(c2ccccc2)CC3)=N1. The molecule has 38 heavy (non-hydrogen) atoms. The first-order valence-corrected chi connectivity index (χ1v) is 11.7. The number of amidine groups is 1. The number of piperidine rings is 1. The summed E-state index contributed by atoms with van der Waals surface area (Å²) in [5.74, 6) is 0.255. The van der Waals surface area contributed by atoms with E-state index in [2.05, 4.69) is 20.1 Å². The van der Waals surface area contributed by atoms with Crippen molar-refractivity contribution >= 4 is 24.3 Å². The van der Waals surface area contributed by atoms with Gasteiger partial charge in [-0.3, -0.25) is 4.90 Å². The zero-order valence-electron chi connectivity index (χ0n) is 19.8. The first-order chi connectivity index (χ1) is 17.5. The van der Waals surface area contributed by atoms with Crippen molar-refractivity contribution in [1.29, 1.82) is 0 Å². The first-order valence-electron chi connectivity index (χ1n) is 11.7. The number of urea groups is 1. The van der Waals surface area contributed by atoms with E-state index in [4.69, 9.17) is 4.74 Å². The highest BCUT2D eigenvalue weighted by Crippen LogP contribution is 2.52. The summed E-state index contributed by atoms with van der Waals surface area (Å²) in [5.41, 5.74) is -2.78. The Morgan fingerprint density at radius 3 is 2.16 bits per heavy atom. The molecule has 0 aromatic heterocycles. The van der Waals surface area contributed by atoms with Crippen molar-refractivity contribution in [2.24, 2.45) is 15.2 Å². The molecule has 2 aromatic rings. The van der Waals surface area contributed by atoms with Crippen LogP contribution in [0.4, 0.5) is 31.1 Å². The third-order valence-corrected chi connectivity index (χ3v) is 7.27. The van der Waals surface area contributed by atoms with Crippen LogP contribution in [-0.2, 0) is 29.2 Å². The quantitative estimate of drug-likeness (QED) is 0.352. The number of hydrogen-bond donors (Lipinski definition) is 0. The van der Waals surface area contributed by atoms with Gasteiger partial charge in [0.05, 0.1) is 35.9 Å². The van der Waals surface area contributed by atoms with Gasteiger partial charge in [0, 0.05) is 6.04 Å². The average Bonchev–Trinajstić information content (AvgIpc) is 3.36. The van der Waals surface area contributed by atoms with E-state index in [1.165, 1.54) is 0 Å². The third kappa shape index (κ3) is 5.34. The number of alkyl halides is 6. The topological polar surface area (TPSA) is 66.6 Å². The largest absolute Gasteiger partial charge is 0.416 e. The van der Waals surface area contributed by atoms with Gasteiger partial charge in [-0.1, -0.05) is 35.4 Å². The number of azo groups is 1. The lowest BCUT2D eigenvalue weighted by atomic mass is 9.78. The second-order valence-electron chi connectivity index (χ2n) is 9.41. The van der Waals surface area contributed by atoms with Crippen LogP contribution in [0.2, 0.25) is 0 Å². The Bertz CT molecular complexity index is 1220. The van der Waals surface area contributed by atoms with Gasteiger partial charge in [0.2, 0.25) is 0 Å². The Balaban J connectivity index is 0.00000336. The van der Waals surface area contributed by atoms with E-state index in [9.17, 15) is 31.1 Å². The van der Waals surface area contributed by atoms with Crippen LogP contribution in [0.3, 0.4) is 0 Å². The predicted molar refractivity (Wildman–Crippen MR) is 127 cm³/mol. The van der Waals surface area contributed by atoms with Crippen molar-refractivity contribution in [3.8, 4) is 0 Å². The van der Waals surface area contributed by atoms with Crippen LogP contribution in [0, 0.1) is 0 Å². The van der Waals surface area contributed by atoms with Gasteiger partial charge in [-0.15, -0.1) is 17.5 Å². The average molecular weight is 561 g/mol. The molecule has 3 heterocycles. The van der Waals surface area contributed by atoms with Crippen LogP contribution in [0.5, 0.6) is 0 Å². The smallest absolute Gasteiger partial charge is 0.371 e. The van der Waals surface area contributed by atoms with Crippen molar-refractivity contribution in [2.75, 3.05) is 6.54 Å². The zero-order chi connectivity index (χ0) is 26.4. The number of fused-ring (bicyclic) bond motifs is 2. The van der Waals surface area contributed by atoms with Gasteiger partial charge in [0.25, 0.3) is 0 Å². The fraction of sp³-hybridized carbons (Fsp3) is 0.440. The Morgan fingerprint density at radius 2 is 1.58 bits per heavy atom. The zero-order valence-corrected chi connectivity index (χ0v) is 20.6. The molecule has 0 unspecified atom stereocenters. The highest BCUT2D eigenvalue weighted by atomic mass is 35.5. The lowest BCUT2D eigenvalue weighted by Gasteiger charge is -2.49.